The van der Waals surface area contributed by atoms with E-state index in [1.54, 1.807) is 34.9 Å². The van der Waals surface area contributed by atoms with Crippen molar-refractivity contribution in [3.05, 3.63) is 47.4 Å². The Bertz CT molecular complexity index is 936. The predicted molar refractivity (Wildman–Crippen MR) is 102 cm³/mol. The minimum Gasteiger partial charge on any atom is -0.493 e. The normalized spacial score (nSPS) is 14.4. The molecule has 1 aliphatic heterocycles. The average molecular weight is 421 g/mol. The van der Waals surface area contributed by atoms with E-state index < -0.39 is 6.61 Å². The number of alkyl halides is 2. The Morgan fingerprint density at radius 2 is 1.83 bits per heavy atom. The lowest BCUT2D eigenvalue weighted by molar-refractivity contribution is -0.127. The lowest BCUT2D eigenvalue weighted by Crippen LogP contribution is -2.50. The molecule has 0 bridgehead atoms. The molecule has 1 saturated heterocycles. The highest BCUT2D eigenvalue weighted by atomic mass is 19.3. The Morgan fingerprint density at radius 1 is 1.13 bits per heavy atom. The van der Waals surface area contributed by atoms with Crippen molar-refractivity contribution in [3.8, 4) is 11.5 Å². The highest BCUT2D eigenvalue weighted by Gasteiger charge is 2.26. The summed E-state index contributed by atoms with van der Waals surface area (Å²) in [6, 6.07) is 5.97. The van der Waals surface area contributed by atoms with Crippen LogP contribution in [0.2, 0.25) is 0 Å². The molecule has 0 N–H and O–H groups in total. The molecule has 8 nitrogen and oxygen atoms in total. The molecule has 1 aliphatic rings. The van der Waals surface area contributed by atoms with Crippen LogP contribution >= 0.6 is 0 Å². The van der Waals surface area contributed by atoms with E-state index in [1.165, 1.54) is 25.3 Å². The van der Waals surface area contributed by atoms with E-state index >= 15 is 0 Å². The van der Waals surface area contributed by atoms with Crippen LogP contribution < -0.4 is 9.47 Å². The fourth-order valence-corrected chi connectivity index (χ4v) is 3.00. The highest BCUT2D eigenvalue weighted by Crippen LogP contribution is 2.29. The Hall–Kier alpha value is -3.43. The summed E-state index contributed by atoms with van der Waals surface area (Å²) in [5.41, 5.74) is 1.22. The van der Waals surface area contributed by atoms with Gasteiger partial charge in [-0.15, -0.1) is 0 Å². The molecule has 10 heteroatoms. The number of amides is 2. The van der Waals surface area contributed by atoms with Gasteiger partial charge in [-0.1, -0.05) is 11.2 Å². The molecule has 0 unspecified atom stereocenters. The lowest BCUT2D eigenvalue weighted by Gasteiger charge is -2.33. The van der Waals surface area contributed by atoms with E-state index in [-0.39, 0.29) is 29.1 Å². The quantitative estimate of drug-likeness (QED) is 0.667. The van der Waals surface area contributed by atoms with Gasteiger partial charge < -0.3 is 23.8 Å². The second-order valence-electron chi connectivity index (χ2n) is 6.57. The first-order valence-electron chi connectivity index (χ1n) is 9.20. The summed E-state index contributed by atoms with van der Waals surface area (Å²) in [4.78, 5) is 28.0. The first-order chi connectivity index (χ1) is 14.4. The summed E-state index contributed by atoms with van der Waals surface area (Å²) in [5, 5.41) is 3.71. The van der Waals surface area contributed by atoms with Crippen LogP contribution in [0.15, 0.2) is 34.9 Å². The number of carbonyl (C=O) groups is 2. The van der Waals surface area contributed by atoms with Crippen molar-refractivity contribution in [1.29, 1.82) is 0 Å². The van der Waals surface area contributed by atoms with Crippen LogP contribution in [0.3, 0.4) is 0 Å². The third-order valence-electron chi connectivity index (χ3n) is 4.54. The Labute approximate surface area is 171 Å². The Balaban J connectivity index is 1.56. The summed E-state index contributed by atoms with van der Waals surface area (Å²) in [6.07, 6.45) is 2.95. The highest BCUT2D eigenvalue weighted by molar-refractivity contribution is 5.93. The number of benzene rings is 1. The molecule has 3 rings (SSSR count). The van der Waals surface area contributed by atoms with Crippen LogP contribution in [0.25, 0.3) is 6.08 Å². The van der Waals surface area contributed by atoms with Gasteiger partial charge in [-0.05, 0) is 30.7 Å². The number of nitrogens with zero attached hydrogens (tertiary/aromatic N) is 3. The van der Waals surface area contributed by atoms with Gasteiger partial charge in [0.2, 0.25) is 11.7 Å². The minimum atomic E-state index is -2.96. The molecule has 0 spiro atoms. The molecule has 30 heavy (non-hydrogen) atoms. The number of aromatic nitrogens is 1. The predicted octanol–water partition coefficient (Wildman–Crippen LogP) is 2.59. The molecule has 0 radical (unpaired) electrons. The monoisotopic (exact) mass is 421 g/mol. The molecule has 2 aromatic rings. The van der Waals surface area contributed by atoms with Crippen LogP contribution in [0.5, 0.6) is 11.5 Å². The van der Waals surface area contributed by atoms with Crippen molar-refractivity contribution in [1.82, 2.24) is 15.0 Å². The zero-order valence-electron chi connectivity index (χ0n) is 16.5. The van der Waals surface area contributed by atoms with E-state index in [1.807, 2.05) is 0 Å². The van der Waals surface area contributed by atoms with Gasteiger partial charge in [0.25, 0.3) is 5.91 Å². The maximum Gasteiger partial charge on any atom is 0.387 e. The van der Waals surface area contributed by atoms with Crippen LogP contribution in [-0.2, 0) is 4.79 Å². The van der Waals surface area contributed by atoms with Gasteiger partial charge in [-0.2, -0.15) is 8.78 Å². The van der Waals surface area contributed by atoms with Crippen molar-refractivity contribution >= 4 is 17.9 Å². The average Bonchev–Trinajstić information content (AvgIpc) is 3.18. The summed E-state index contributed by atoms with van der Waals surface area (Å²) >= 11 is 0. The minimum absolute atomic E-state index is 0.0845. The van der Waals surface area contributed by atoms with Crippen molar-refractivity contribution in [2.24, 2.45) is 0 Å². The van der Waals surface area contributed by atoms with E-state index in [4.69, 9.17) is 9.26 Å². The summed E-state index contributed by atoms with van der Waals surface area (Å²) < 4.78 is 39.2. The number of carbonyl (C=O) groups excluding carboxylic acids is 2. The molecule has 0 aliphatic carbocycles. The number of hydrogen-bond acceptors (Lipinski definition) is 6. The van der Waals surface area contributed by atoms with Crippen molar-refractivity contribution in [2.45, 2.75) is 13.5 Å². The fourth-order valence-electron chi connectivity index (χ4n) is 3.00. The van der Waals surface area contributed by atoms with Crippen LogP contribution in [-0.4, -0.2) is 66.7 Å². The molecule has 1 aromatic heterocycles. The van der Waals surface area contributed by atoms with Crippen LogP contribution in [0, 0.1) is 6.92 Å². The molecule has 2 amide bonds. The summed E-state index contributed by atoms with van der Waals surface area (Å²) in [6.45, 7) is 0.301. The Morgan fingerprint density at radius 3 is 2.43 bits per heavy atom. The first kappa shape index (κ1) is 21.3. The number of methoxy groups -OCH3 is 1. The summed E-state index contributed by atoms with van der Waals surface area (Å²) in [7, 11) is 1.34. The molecule has 1 aromatic carbocycles. The zero-order valence-corrected chi connectivity index (χ0v) is 16.5. The van der Waals surface area contributed by atoms with Gasteiger partial charge in [-0.25, -0.2) is 0 Å². The smallest absolute Gasteiger partial charge is 0.387 e. The maximum absolute atomic E-state index is 12.4. The van der Waals surface area contributed by atoms with E-state index in [9.17, 15) is 18.4 Å². The molecular weight excluding hydrogens is 400 g/mol. The van der Waals surface area contributed by atoms with Gasteiger partial charge in [0.1, 0.15) is 0 Å². The molecule has 1 fully saturated rings. The fraction of sp³-hybridized carbons (Fsp3) is 0.350. The van der Waals surface area contributed by atoms with Gasteiger partial charge in [0.05, 0.1) is 12.8 Å². The number of piperazine rings is 1. The second-order valence-corrected chi connectivity index (χ2v) is 6.57. The van der Waals surface area contributed by atoms with Gasteiger partial charge >= 0.3 is 6.61 Å². The third-order valence-corrected chi connectivity index (χ3v) is 4.54. The van der Waals surface area contributed by atoms with Crippen LogP contribution in [0.1, 0.15) is 21.8 Å². The summed E-state index contributed by atoms with van der Waals surface area (Å²) in [5.74, 6) is -0.236. The lowest BCUT2D eigenvalue weighted by atomic mass is 10.2. The number of aryl methyl sites for hydroxylation is 1. The maximum atomic E-state index is 12.4. The topological polar surface area (TPSA) is 85.1 Å². The van der Waals surface area contributed by atoms with Gasteiger partial charge in [0.15, 0.2) is 11.5 Å². The van der Waals surface area contributed by atoms with Gasteiger partial charge in [0, 0.05) is 38.3 Å². The molecule has 160 valence electrons. The van der Waals surface area contributed by atoms with Crippen molar-refractivity contribution in [3.63, 3.8) is 0 Å². The van der Waals surface area contributed by atoms with Gasteiger partial charge in [-0.3, -0.25) is 9.59 Å². The Kier molecular flexibility index (Phi) is 6.65. The number of ether oxygens (including phenoxy) is 2. The first-order valence-corrected chi connectivity index (χ1v) is 9.20. The zero-order chi connectivity index (χ0) is 21.7. The molecule has 0 atom stereocenters. The van der Waals surface area contributed by atoms with Crippen molar-refractivity contribution in [2.75, 3.05) is 33.3 Å². The second kappa shape index (κ2) is 9.38. The number of hydrogen-bond donors (Lipinski definition) is 0. The third kappa shape index (κ3) is 5.13. The van der Waals surface area contributed by atoms with E-state index in [0.717, 1.165) is 0 Å². The molecule has 2 heterocycles. The van der Waals surface area contributed by atoms with Crippen LogP contribution in [0.4, 0.5) is 8.78 Å². The van der Waals surface area contributed by atoms with E-state index in [0.29, 0.717) is 37.4 Å². The standard InChI is InChI=1S/C20H21F2N3O5/c1-13-11-17(30-23-13)19(27)25-9-7-24(8-10-25)18(26)6-4-14-3-5-15(29-20(21)22)16(12-14)28-2/h3-6,11-12,20H,7-10H2,1-2H3/b6-4+. The SMILES string of the molecule is COc1cc(/C=C/C(=O)N2CCN(C(=O)c3cc(C)no3)CC2)ccc1OC(F)F. The molecular formula is C20H21F2N3O5. The van der Waals surface area contributed by atoms with E-state index in [2.05, 4.69) is 9.89 Å². The molecule has 0 saturated carbocycles. The largest absolute Gasteiger partial charge is 0.493 e. The number of rotatable bonds is 6. The number of halogens is 2. The van der Waals surface area contributed by atoms with Crippen molar-refractivity contribution < 1.29 is 32.4 Å².